The highest BCUT2D eigenvalue weighted by molar-refractivity contribution is 5.82. The van der Waals surface area contributed by atoms with E-state index in [0.717, 1.165) is 19.4 Å². The summed E-state index contributed by atoms with van der Waals surface area (Å²) in [5.74, 6) is 2.35. The first-order chi connectivity index (χ1) is 7.19. The van der Waals surface area contributed by atoms with Crippen molar-refractivity contribution in [1.82, 2.24) is 4.90 Å². The summed E-state index contributed by atoms with van der Waals surface area (Å²) in [6, 6.07) is -0.564. The number of carbonyl (C=O) groups excluding carboxylic acids is 1. The van der Waals surface area contributed by atoms with E-state index in [1.165, 1.54) is 0 Å². The fraction of sp³-hybridized carbons (Fsp3) is 0.727. The van der Waals surface area contributed by atoms with E-state index in [1.54, 1.807) is 12.0 Å². The van der Waals surface area contributed by atoms with Crippen molar-refractivity contribution in [3.63, 3.8) is 0 Å². The van der Waals surface area contributed by atoms with Gasteiger partial charge in [-0.2, -0.15) is 0 Å². The van der Waals surface area contributed by atoms with Gasteiger partial charge in [0.1, 0.15) is 0 Å². The number of nitrogens with zero attached hydrogens (tertiary/aromatic N) is 1. The third kappa shape index (κ3) is 3.22. The quantitative estimate of drug-likeness (QED) is 0.666. The van der Waals surface area contributed by atoms with Gasteiger partial charge in [0.25, 0.3) is 0 Å². The standard InChI is InChI=1S/C11H18N2O2/c1-3-5-10(12)11(14)13-7-4-6-9(8-13)15-2/h1,9-10H,4-8,12H2,2H3. The predicted molar refractivity (Wildman–Crippen MR) is 58.0 cm³/mol. The Morgan fingerprint density at radius 2 is 2.53 bits per heavy atom. The first-order valence-electron chi connectivity index (χ1n) is 5.19. The summed E-state index contributed by atoms with van der Waals surface area (Å²) in [7, 11) is 1.67. The van der Waals surface area contributed by atoms with Gasteiger partial charge in [-0.1, -0.05) is 0 Å². The van der Waals surface area contributed by atoms with E-state index >= 15 is 0 Å². The van der Waals surface area contributed by atoms with Crippen molar-refractivity contribution in [2.45, 2.75) is 31.4 Å². The van der Waals surface area contributed by atoms with Crippen LogP contribution in [0.2, 0.25) is 0 Å². The molecule has 1 fully saturated rings. The van der Waals surface area contributed by atoms with Gasteiger partial charge in [0.2, 0.25) is 5.91 Å². The van der Waals surface area contributed by atoms with E-state index in [-0.39, 0.29) is 12.0 Å². The van der Waals surface area contributed by atoms with Gasteiger partial charge in [-0.25, -0.2) is 0 Å². The second kappa shape index (κ2) is 5.74. The molecule has 0 saturated carbocycles. The van der Waals surface area contributed by atoms with Crippen LogP contribution in [-0.4, -0.2) is 43.2 Å². The molecule has 1 aliphatic rings. The van der Waals surface area contributed by atoms with Crippen molar-refractivity contribution < 1.29 is 9.53 Å². The van der Waals surface area contributed by atoms with Crippen molar-refractivity contribution in [2.24, 2.45) is 5.73 Å². The summed E-state index contributed by atoms with van der Waals surface area (Å²) in [6.45, 7) is 1.39. The highest BCUT2D eigenvalue weighted by Gasteiger charge is 2.26. The SMILES string of the molecule is C#CCC(N)C(=O)N1CCCC(OC)C1. The van der Waals surface area contributed by atoms with Gasteiger partial charge < -0.3 is 15.4 Å². The van der Waals surface area contributed by atoms with Crippen LogP contribution in [0.4, 0.5) is 0 Å². The molecule has 4 nitrogen and oxygen atoms in total. The maximum Gasteiger partial charge on any atom is 0.240 e. The molecule has 0 radical (unpaired) electrons. The Morgan fingerprint density at radius 3 is 3.13 bits per heavy atom. The molecule has 1 rings (SSSR count). The van der Waals surface area contributed by atoms with Crippen molar-refractivity contribution in [3.8, 4) is 12.3 Å². The minimum Gasteiger partial charge on any atom is -0.380 e. The van der Waals surface area contributed by atoms with Gasteiger partial charge >= 0.3 is 0 Å². The lowest BCUT2D eigenvalue weighted by Gasteiger charge is -2.33. The molecule has 2 N–H and O–H groups in total. The third-order valence-electron chi connectivity index (χ3n) is 2.68. The van der Waals surface area contributed by atoms with E-state index in [4.69, 9.17) is 16.9 Å². The number of hydrogen-bond donors (Lipinski definition) is 1. The van der Waals surface area contributed by atoms with Crippen LogP contribution in [0.3, 0.4) is 0 Å². The Bertz CT molecular complexity index is 260. The number of ether oxygens (including phenoxy) is 1. The molecular formula is C11H18N2O2. The van der Waals surface area contributed by atoms with Crippen molar-refractivity contribution in [3.05, 3.63) is 0 Å². The number of hydrogen-bond acceptors (Lipinski definition) is 3. The number of methoxy groups -OCH3 is 1. The molecular weight excluding hydrogens is 192 g/mol. The maximum atomic E-state index is 11.8. The monoisotopic (exact) mass is 210 g/mol. The Kier molecular flexibility index (Phi) is 4.60. The van der Waals surface area contributed by atoms with Crippen molar-refractivity contribution in [1.29, 1.82) is 0 Å². The lowest BCUT2D eigenvalue weighted by Crippen LogP contribution is -2.49. The van der Waals surface area contributed by atoms with Gasteiger partial charge in [0, 0.05) is 26.6 Å². The molecule has 84 valence electrons. The molecule has 0 aromatic heterocycles. The average molecular weight is 210 g/mol. The van der Waals surface area contributed by atoms with Crippen LogP contribution < -0.4 is 5.73 Å². The normalized spacial score (nSPS) is 23.3. The minimum atomic E-state index is -0.564. The van der Waals surface area contributed by atoms with E-state index in [0.29, 0.717) is 13.0 Å². The number of nitrogens with two attached hydrogens (primary N) is 1. The molecule has 2 unspecified atom stereocenters. The van der Waals surface area contributed by atoms with E-state index < -0.39 is 6.04 Å². The molecule has 15 heavy (non-hydrogen) atoms. The molecule has 0 aromatic carbocycles. The lowest BCUT2D eigenvalue weighted by atomic mass is 10.1. The summed E-state index contributed by atoms with van der Waals surface area (Å²) in [4.78, 5) is 13.5. The molecule has 0 bridgehead atoms. The molecule has 4 heteroatoms. The predicted octanol–water partition coefficient (Wildman–Crippen LogP) is -0.0256. The topological polar surface area (TPSA) is 55.6 Å². The van der Waals surface area contributed by atoms with E-state index in [9.17, 15) is 4.79 Å². The van der Waals surface area contributed by atoms with Gasteiger partial charge in [0.15, 0.2) is 0 Å². The third-order valence-corrected chi connectivity index (χ3v) is 2.68. The second-order valence-corrected chi connectivity index (χ2v) is 3.80. The summed E-state index contributed by atoms with van der Waals surface area (Å²) in [5, 5.41) is 0. The number of carbonyl (C=O) groups is 1. The Morgan fingerprint density at radius 1 is 1.80 bits per heavy atom. The number of piperidine rings is 1. The highest BCUT2D eigenvalue weighted by Crippen LogP contribution is 2.13. The molecule has 2 atom stereocenters. The van der Waals surface area contributed by atoms with Gasteiger partial charge in [-0.05, 0) is 12.8 Å². The smallest absolute Gasteiger partial charge is 0.240 e. The van der Waals surface area contributed by atoms with Crippen LogP contribution in [0.1, 0.15) is 19.3 Å². The van der Waals surface area contributed by atoms with Crippen molar-refractivity contribution >= 4 is 5.91 Å². The van der Waals surface area contributed by atoms with Crippen LogP contribution in [0.25, 0.3) is 0 Å². The zero-order chi connectivity index (χ0) is 11.3. The Labute approximate surface area is 90.8 Å². The highest BCUT2D eigenvalue weighted by atomic mass is 16.5. The number of likely N-dealkylation sites (tertiary alicyclic amines) is 1. The van der Waals surface area contributed by atoms with Crippen LogP contribution >= 0.6 is 0 Å². The van der Waals surface area contributed by atoms with Gasteiger partial charge in [-0.15, -0.1) is 12.3 Å². The Hall–Kier alpha value is -1.05. The summed E-state index contributed by atoms with van der Waals surface area (Å²) in [6.07, 6.45) is 7.53. The number of amides is 1. The molecule has 1 heterocycles. The van der Waals surface area contributed by atoms with Gasteiger partial charge in [0.05, 0.1) is 12.1 Å². The summed E-state index contributed by atoms with van der Waals surface area (Å²) in [5.41, 5.74) is 5.67. The first-order valence-corrected chi connectivity index (χ1v) is 5.19. The number of rotatable bonds is 3. The minimum absolute atomic E-state index is 0.0605. The Balaban J connectivity index is 2.49. The largest absolute Gasteiger partial charge is 0.380 e. The second-order valence-electron chi connectivity index (χ2n) is 3.80. The van der Waals surface area contributed by atoms with Crippen molar-refractivity contribution in [2.75, 3.05) is 20.2 Å². The van der Waals surface area contributed by atoms with Crippen LogP contribution in [0.15, 0.2) is 0 Å². The molecule has 1 amide bonds. The fourth-order valence-corrected chi connectivity index (χ4v) is 1.78. The molecule has 1 saturated heterocycles. The molecule has 1 aliphatic heterocycles. The first kappa shape index (κ1) is 12.0. The maximum absolute atomic E-state index is 11.8. The zero-order valence-corrected chi connectivity index (χ0v) is 9.11. The van der Waals surface area contributed by atoms with Crippen LogP contribution in [0.5, 0.6) is 0 Å². The van der Waals surface area contributed by atoms with Crippen LogP contribution in [-0.2, 0) is 9.53 Å². The van der Waals surface area contributed by atoms with E-state index in [2.05, 4.69) is 5.92 Å². The molecule has 0 spiro atoms. The van der Waals surface area contributed by atoms with Gasteiger partial charge in [-0.3, -0.25) is 4.79 Å². The van der Waals surface area contributed by atoms with Crippen LogP contribution in [0, 0.1) is 12.3 Å². The summed E-state index contributed by atoms with van der Waals surface area (Å²) < 4.78 is 5.24. The lowest BCUT2D eigenvalue weighted by molar-refractivity contribution is -0.136. The fourth-order valence-electron chi connectivity index (χ4n) is 1.78. The number of terminal acetylenes is 1. The molecule has 0 aliphatic carbocycles. The van der Waals surface area contributed by atoms with E-state index in [1.807, 2.05) is 0 Å². The molecule has 0 aromatic rings. The summed E-state index contributed by atoms with van der Waals surface area (Å²) >= 11 is 0. The average Bonchev–Trinajstić information content (AvgIpc) is 2.28. The zero-order valence-electron chi connectivity index (χ0n) is 9.11.